The van der Waals surface area contributed by atoms with E-state index in [2.05, 4.69) is 9.88 Å². The Bertz CT molecular complexity index is 966. The van der Waals surface area contributed by atoms with Gasteiger partial charge in [-0.3, -0.25) is 14.5 Å². The van der Waals surface area contributed by atoms with Crippen molar-refractivity contribution in [2.45, 2.75) is 19.9 Å². The number of rotatable bonds is 4. The fourth-order valence-corrected chi connectivity index (χ4v) is 3.84. The van der Waals surface area contributed by atoms with Crippen LogP contribution in [0.5, 0.6) is 0 Å². The van der Waals surface area contributed by atoms with Crippen molar-refractivity contribution in [3.8, 4) is 0 Å². The molecule has 3 heterocycles. The van der Waals surface area contributed by atoms with Crippen LogP contribution in [-0.4, -0.2) is 58.7 Å². The number of amides is 1. The molecule has 0 saturated carbocycles. The minimum absolute atomic E-state index is 0.0916. The van der Waals surface area contributed by atoms with E-state index in [1.165, 1.54) is 6.26 Å². The Morgan fingerprint density at radius 2 is 1.81 bits per heavy atom. The van der Waals surface area contributed by atoms with Gasteiger partial charge in [0.05, 0.1) is 12.3 Å². The van der Waals surface area contributed by atoms with Gasteiger partial charge in [0.15, 0.2) is 11.5 Å². The summed E-state index contributed by atoms with van der Waals surface area (Å²) in [5, 5.41) is 0.971. The molecule has 1 atom stereocenters. The minimum Gasteiger partial charge on any atom is -0.459 e. The number of hydrogen-bond donors (Lipinski definition) is 1. The highest BCUT2D eigenvalue weighted by Crippen LogP contribution is 2.24. The first-order valence-electron chi connectivity index (χ1n) is 9.24. The minimum atomic E-state index is -0.233. The van der Waals surface area contributed by atoms with Crippen LogP contribution in [0.15, 0.2) is 47.1 Å². The Morgan fingerprint density at radius 1 is 1.07 bits per heavy atom. The smallest absolute Gasteiger partial charge is 0.289 e. The summed E-state index contributed by atoms with van der Waals surface area (Å²) in [5.41, 5.74) is 2.66. The second kappa shape index (κ2) is 7.04. The first-order valence-corrected chi connectivity index (χ1v) is 9.24. The summed E-state index contributed by atoms with van der Waals surface area (Å²) in [4.78, 5) is 32.8. The molecule has 1 aliphatic heterocycles. The summed E-state index contributed by atoms with van der Waals surface area (Å²) in [6.07, 6.45) is 1.51. The van der Waals surface area contributed by atoms with Gasteiger partial charge in [-0.15, -0.1) is 0 Å². The predicted molar refractivity (Wildman–Crippen MR) is 103 cm³/mol. The molecule has 0 unspecified atom stereocenters. The fraction of sp³-hybridized carbons (Fsp3) is 0.333. The maximum absolute atomic E-state index is 13.2. The summed E-state index contributed by atoms with van der Waals surface area (Å²) in [6.45, 7) is 6.41. The second-order valence-corrected chi connectivity index (χ2v) is 7.02. The molecule has 4 rings (SSSR count). The average Bonchev–Trinajstić information content (AvgIpc) is 3.33. The third kappa shape index (κ3) is 3.17. The molecule has 0 aliphatic carbocycles. The molecule has 6 nitrogen and oxygen atoms in total. The number of hydrogen-bond acceptors (Lipinski definition) is 4. The number of carbonyl (C=O) groups is 2. The van der Waals surface area contributed by atoms with Gasteiger partial charge in [0, 0.05) is 48.3 Å². The van der Waals surface area contributed by atoms with E-state index in [0.717, 1.165) is 22.2 Å². The Morgan fingerprint density at radius 3 is 2.52 bits per heavy atom. The van der Waals surface area contributed by atoms with Gasteiger partial charge in [-0.25, -0.2) is 0 Å². The normalized spacial score (nSPS) is 16.6. The van der Waals surface area contributed by atoms with Crippen molar-refractivity contribution in [1.29, 1.82) is 0 Å². The number of Topliss-reactive ketones (excluding diaryl/α,β-unsaturated/α-hetero) is 1. The number of aryl methyl sites for hydroxylation is 1. The van der Waals surface area contributed by atoms with Gasteiger partial charge >= 0.3 is 0 Å². The summed E-state index contributed by atoms with van der Waals surface area (Å²) in [5.74, 6) is 0.392. The molecule has 2 aromatic heterocycles. The van der Waals surface area contributed by atoms with Crippen molar-refractivity contribution >= 4 is 22.6 Å². The van der Waals surface area contributed by atoms with Crippen LogP contribution in [0.25, 0.3) is 10.9 Å². The van der Waals surface area contributed by atoms with Crippen LogP contribution in [0.3, 0.4) is 0 Å². The van der Waals surface area contributed by atoms with Crippen molar-refractivity contribution < 1.29 is 14.0 Å². The molecule has 27 heavy (non-hydrogen) atoms. The SMILES string of the molecule is Cc1[nH]c2ccccc2c1C(=O)[C@@H](C)N1CCN(C(=O)c2ccco2)CC1. The Hall–Kier alpha value is -2.86. The predicted octanol–water partition coefficient (Wildman–Crippen LogP) is 3.10. The first-order chi connectivity index (χ1) is 13.1. The molecular weight excluding hydrogens is 342 g/mol. The first kappa shape index (κ1) is 17.5. The Kier molecular flexibility index (Phi) is 4.58. The van der Waals surface area contributed by atoms with Gasteiger partial charge in [0.1, 0.15) is 0 Å². The topological polar surface area (TPSA) is 69.6 Å². The zero-order valence-electron chi connectivity index (χ0n) is 15.6. The highest BCUT2D eigenvalue weighted by molar-refractivity contribution is 6.11. The molecule has 1 aliphatic rings. The van der Waals surface area contributed by atoms with Gasteiger partial charge in [-0.1, -0.05) is 18.2 Å². The standard InChI is InChI=1S/C21H23N3O3/c1-14-19(16-6-3-4-7-17(16)22-14)20(25)15(2)23-9-11-24(12-10-23)21(26)18-8-5-13-27-18/h3-8,13,15,22H,9-12H2,1-2H3/t15-/m1/s1. The van der Waals surface area contributed by atoms with Crippen LogP contribution in [0.1, 0.15) is 33.5 Å². The molecule has 0 bridgehead atoms. The van der Waals surface area contributed by atoms with Crippen molar-refractivity contribution in [3.63, 3.8) is 0 Å². The number of H-pyrrole nitrogens is 1. The van der Waals surface area contributed by atoms with Crippen LogP contribution < -0.4 is 0 Å². The third-order valence-electron chi connectivity index (χ3n) is 5.40. The lowest BCUT2D eigenvalue weighted by Crippen LogP contribution is -2.53. The van der Waals surface area contributed by atoms with Gasteiger partial charge in [-0.2, -0.15) is 0 Å². The monoisotopic (exact) mass is 365 g/mol. The fourth-order valence-electron chi connectivity index (χ4n) is 3.84. The number of furan rings is 1. The van der Waals surface area contributed by atoms with Crippen LogP contribution in [0.2, 0.25) is 0 Å². The highest BCUT2D eigenvalue weighted by atomic mass is 16.3. The largest absolute Gasteiger partial charge is 0.459 e. The van der Waals surface area contributed by atoms with Crippen LogP contribution in [-0.2, 0) is 0 Å². The van der Waals surface area contributed by atoms with Crippen LogP contribution in [0, 0.1) is 6.92 Å². The summed E-state index contributed by atoms with van der Waals surface area (Å²) in [7, 11) is 0. The van der Waals surface area contributed by atoms with E-state index < -0.39 is 0 Å². The summed E-state index contributed by atoms with van der Waals surface area (Å²) >= 11 is 0. The van der Waals surface area contributed by atoms with Gasteiger partial charge in [-0.05, 0) is 32.0 Å². The molecule has 6 heteroatoms. The van der Waals surface area contributed by atoms with Crippen molar-refractivity contribution in [2.75, 3.05) is 26.2 Å². The van der Waals surface area contributed by atoms with Gasteiger partial charge in [0.2, 0.25) is 0 Å². The van der Waals surface area contributed by atoms with Gasteiger partial charge in [0.25, 0.3) is 5.91 Å². The average molecular weight is 365 g/mol. The molecule has 1 N–H and O–H groups in total. The quantitative estimate of drug-likeness (QED) is 0.722. The molecule has 0 spiro atoms. The van der Waals surface area contributed by atoms with E-state index in [9.17, 15) is 9.59 Å². The lowest BCUT2D eigenvalue weighted by atomic mass is 10.0. The Labute approximate surface area is 157 Å². The molecule has 140 valence electrons. The third-order valence-corrected chi connectivity index (χ3v) is 5.40. The molecule has 1 aromatic carbocycles. The number of piperazine rings is 1. The van der Waals surface area contributed by atoms with Crippen molar-refractivity contribution in [3.05, 3.63) is 59.7 Å². The van der Waals surface area contributed by atoms with Crippen molar-refractivity contribution in [2.24, 2.45) is 0 Å². The van der Waals surface area contributed by atoms with Crippen LogP contribution in [0.4, 0.5) is 0 Å². The molecule has 1 fully saturated rings. The molecule has 1 saturated heterocycles. The number of aromatic nitrogens is 1. The lowest BCUT2D eigenvalue weighted by molar-refractivity contribution is 0.0529. The maximum atomic E-state index is 13.2. The van der Waals surface area contributed by atoms with Gasteiger partial charge < -0.3 is 14.3 Å². The second-order valence-electron chi connectivity index (χ2n) is 7.02. The number of nitrogens with zero attached hydrogens (tertiary/aromatic N) is 2. The number of nitrogens with one attached hydrogen (secondary N) is 1. The van der Waals surface area contributed by atoms with E-state index in [4.69, 9.17) is 4.42 Å². The number of carbonyl (C=O) groups excluding carboxylic acids is 2. The summed E-state index contributed by atoms with van der Waals surface area (Å²) in [6, 6.07) is 11.1. The van der Waals surface area contributed by atoms with E-state index >= 15 is 0 Å². The molecular formula is C21H23N3O3. The van der Waals surface area contributed by atoms with E-state index in [-0.39, 0.29) is 17.7 Å². The zero-order chi connectivity index (χ0) is 19.0. The lowest BCUT2D eigenvalue weighted by Gasteiger charge is -2.37. The van der Waals surface area contributed by atoms with E-state index in [1.54, 1.807) is 17.0 Å². The van der Waals surface area contributed by atoms with E-state index in [1.807, 2.05) is 38.1 Å². The Balaban J connectivity index is 1.46. The number of ketones is 1. The van der Waals surface area contributed by atoms with E-state index in [0.29, 0.717) is 31.9 Å². The zero-order valence-corrected chi connectivity index (χ0v) is 15.6. The molecule has 1 amide bonds. The van der Waals surface area contributed by atoms with Crippen molar-refractivity contribution in [1.82, 2.24) is 14.8 Å². The number of para-hydroxylation sites is 1. The number of aromatic amines is 1. The molecule has 3 aromatic rings. The number of fused-ring (bicyclic) bond motifs is 1. The number of benzene rings is 1. The van der Waals surface area contributed by atoms with Crippen LogP contribution >= 0.6 is 0 Å². The highest BCUT2D eigenvalue weighted by Gasteiger charge is 2.30. The maximum Gasteiger partial charge on any atom is 0.289 e. The molecule has 0 radical (unpaired) electrons. The summed E-state index contributed by atoms with van der Waals surface area (Å²) < 4.78 is 5.20.